The monoisotopic (exact) mass is 341 g/mol. The van der Waals surface area contributed by atoms with Crippen molar-refractivity contribution >= 4 is 10.0 Å². The van der Waals surface area contributed by atoms with Crippen LogP contribution >= 0.6 is 0 Å². The van der Waals surface area contributed by atoms with Crippen molar-refractivity contribution in [3.63, 3.8) is 0 Å². The highest BCUT2D eigenvalue weighted by molar-refractivity contribution is 7.89. The third-order valence-corrected chi connectivity index (χ3v) is 5.51. The zero-order valence-electron chi connectivity index (χ0n) is 13.6. The van der Waals surface area contributed by atoms with E-state index in [1.54, 1.807) is 30.7 Å². The first-order valence-electron chi connectivity index (χ1n) is 7.08. The third-order valence-electron chi connectivity index (χ3n) is 3.44. The highest BCUT2D eigenvalue weighted by atomic mass is 32.2. The summed E-state index contributed by atoms with van der Waals surface area (Å²) in [5, 5.41) is 4.27. The highest BCUT2D eigenvalue weighted by Crippen LogP contribution is 2.22. The van der Waals surface area contributed by atoms with Gasteiger partial charge in [0.25, 0.3) is 0 Å². The van der Waals surface area contributed by atoms with E-state index in [4.69, 9.17) is 4.74 Å². The van der Waals surface area contributed by atoms with Gasteiger partial charge in [-0.25, -0.2) is 17.1 Å². The summed E-state index contributed by atoms with van der Waals surface area (Å²) in [7, 11) is -0.553. The molecular weight excluding hydrogens is 321 g/mol. The van der Waals surface area contributed by atoms with Crippen molar-refractivity contribution in [2.75, 3.05) is 20.7 Å². The lowest BCUT2D eigenvalue weighted by molar-refractivity contribution is 0.289. The maximum Gasteiger partial charge on any atom is 0.246 e. The van der Waals surface area contributed by atoms with Gasteiger partial charge in [-0.15, -0.1) is 0 Å². The van der Waals surface area contributed by atoms with Gasteiger partial charge in [-0.3, -0.25) is 4.68 Å². The standard InChI is InChI=1S/C15H20FN3O3S/c1-11-15(23(20,21)18(3)4)12(2)19(17-11)9-10-22-14-7-5-13(16)6-8-14/h5-8H,9-10H2,1-4H3. The van der Waals surface area contributed by atoms with Gasteiger partial charge < -0.3 is 4.74 Å². The van der Waals surface area contributed by atoms with Crippen LogP contribution in [0.3, 0.4) is 0 Å². The minimum absolute atomic E-state index is 0.226. The van der Waals surface area contributed by atoms with Crippen LogP contribution in [0.25, 0.3) is 0 Å². The van der Waals surface area contributed by atoms with Crippen LogP contribution in [0.15, 0.2) is 29.2 Å². The van der Waals surface area contributed by atoms with Crippen LogP contribution in [0, 0.1) is 19.7 Å². The summed E-state index contributed by atoms with van der Waals surface area (Å²) >= 11 is 0. The van der Waals surface area contributed by atoms with E-state index in [0.717, 1.165) is 0 Å². The maximum atomic E-state index is 12.8. The molecule has 0 bridgehead atoms. The van der Waals surface area contributed by atoms with Crippen molar-refractivity contribution in [1.29, 1.82) is 0 Å². The average molecular weight is 341 g/mol. The Morgan fingerprint density at radius 1 is 1.22 bits per heavy atom. The van der Waals surface area contributed by atoms with Crippen molar-refractivity contribution in [2.24, 2.45) is 0 Å². The Morgan fingerprint density at radius 2 is 1.83 bits per heavy atom. The Bertz CT molecular complexity index is 783. The van der Waals surface area contributed by atoms with Crippen LogP contribution < -0.4 is 4.74 Å². The molecule has 0 amide bonds. The zero-order chi connectivity index (χ0) is 17.2. The van der Waals surface area contributed by atoms with Crippen molar-refractivity contribution in [3.05, 3.63) is 41.5 Å². The van der Waals surface area contributed by atoms with Gasteiger partial charge in [-0.2, -0.15) is 5.10 Å². The van der Waals surface area contributed by atoms with Gasteiger partial charge >= 0.3 is 0 Å². The van der Waals surface area contributed by atoms with Crippen LogP contribution in [0.4, 0.5) is 4.39 Å². The minimum Gasteiger partial charge on any atom is -0.492 e. The number of hydrogen-bond acceptors (Lipinski definition) is 4. The Labute approximate surface area is 135 Å². The third kappa shape index (κ3) is 3.70. The van der Waals surface area contributed by atoms with Gasteiger partial charge in [0.1, 0.15) is 23.1 Å². The topological polar surface area (TPSA) is 64.4 Å². The van der Waals surface area contributed by atoms with E-state index < -0.39 is 10.0 Å². The molecule has 8 heteroatoms. The maximum absolute atomic E-state index is 12.8. The predicted molar refractivity (Wildman–Crippen MR) is 84.5 cm³/mol. The quantitative estimate of drug-likeness (QED) is 0.806. The molecule has 0 fully saturated rings. The fraction of sp³-hybridized carbons (Fsp3) is 0.400. The molecule has 0 saturated carbocycles. The smallest absolute Gasteiger partial charge is 0.246 e. The molecule has 0 aliphatic heterocycles. The molecule has 0 N–H and O–H groups in total. The summed E-state index contributed by atoms with van der Waals surface area (Å²) in [5.41, 5.74) is 1.02. The largest absolute Gasteiger partial charge is 0.492 e. The molecule has 0 saturated heterocycles. The number of sulfonamides is 1. The molecule has 0 aliphatic carbocycles. The van der Waals surface area contributed by atoms with Gasteiger partial charge in [0.05, 0.1) is 17.9 Å². The summed E-state index contributed by atoms with van der Waals surface area (Å²) in [6.07, 6.45) is 0. The molecule has 0 atom stereocenters. The summed E-state index contributed by atoms with van der Waals surface area (Å²) in [5.74, 6) is 0.225. The van der Waals surface area contributed by atoms with E-state index in [2.05, 4.69) is 5.10 Å². The second-order valence-corrected chi connectivity index (χ2v) is 7.40. The lowest BCUT2D eigenvalue weighted by atomic mass is 10.3. The Morgan fingerprint density at radius 3 is 2.39 bits per heavy atom. The van der Waals surface area contributed by atoms with Crippen LogP contribution in [0.1, 0.15) is 11.4 Å². The fourth-order valence-corrected chi connectivity index (χ4v) is 3.49. The number of halogens is 1. The van der Waals surface area contributed by atoms with E-state index in [1.807, 2.05) is 0 Å². The van der Waals surface area contributed by atoms with Crippen molar-refractivity contribution < 1.29 is 17.5 Å². The molecule has 0 spiro atoms. The summed E-state index contributed by atoms with van der Waals surface area (Å²) in [6.45, 7) is 4.08. The number of aromatic nitrogens is 2. The summed E-state index contributed by atoms with van der Waals surface area (Å²) in [4.78, 5) is 0.226. The van der Waals surface area contributed by atoms with Gasteiger partial charge in [0, 0.05) is 14.1 Å². The zero-order valence-corrected chi connectivity index (χ0v) is 14.4. The minimum atomic E-state index is -3.53. The predicted octanol–water partition coefficient (Wildman–Crippen LogP) is 1.97. The first kappa shape index (κ1) is 17.4. The van der Waals surface area contributed by atoms with E-state index in [-0.39, 0.29) is 10.7 Å². The van der Waals surface area contributed by atoms with Gasteiger partial charge in [0.15, 0.2) is 0 Å². The number of ether oxygens (including phenoxy) is 1. The number of benzene rings is 1. The first-order chi connectivity index (χ1) is 10.7. The van der Waals surface area contributed by atoms with Crippen molar-refractivity contribution in [3.8, 4) is 5.75 Å². The van der Waals surface area contributed by atoms with Crippen LogP contribution in [-0.2, 0) is 16.6 Å². The molecule has 126 valence electrons. The fourth-order valence-electron chi connectivity index (χ4n) is 2.23. The molecule has 0 radical (unpaired) electrons. The lowest BCUT2D eigenvalue weighted by Crippen LogP contribution is -2.23. The Balaban J connectivity index is 2.11. The summed E-state index contributed by atoms with van der Waals surface area (Å²) in [6, 6.07) is 5.72. The second kappa shape index (κ2) is 6.67. The Kier molecular flexibility index (Phi) is 5.06. The number of rotatable bonds is 6. The lowest BCUT2D eigenvalue weighted by Gasteiger charge is -2.12. The number of aryl methyl sites for hydroxylation is 1. The van der Waals surface area contributed by atoms with Crippen molar-refractivity contribution in [2.45, 2.75) is 25.3 Å². The molecule has 0 unspecified atom stereocenters. The van der Waals surface area contributed by atoms with Crippen LogP contribution in [0.2, 0.25) is 0 Å². The summed E-state index contributed by atoms with van der Waals surface area (Å²) < 4.78 is 45.8. The van der Waals surface area contributed by atoms with Crippen LogP contribution in [0.5, 0.6) is 5.75 Å². The molecule has 1 aromatic heterocycles. The normalized spacial score (nSPS) is 11.9. The van der Waals surface area contributed by atoms with Gasteiger partial charge in [-0.1, -0.05) is 0 Å². The molecule has 0 aliphatic rings. The highest BCUT2D eigenvalue weighted by Gasteiger charge is 2.26. The average Bonchev–Trinajstić information content (AvgIpc) is 2.76. The van der Waals surface area contributed by atoms with Gasteiger partial charge in [-0.05, 0) is 38.1 Å². The van der Waals surface area contributed by atoms with Crippen molar-refractivity contribution in [1.82, 2.24) is 14.1 Å². The molecule has 6 nitrogen and oxygen atoms in total. The molecular formula is C15H20FN3O3S. The SMILES string of the molecule is Cc1nn(CCOc2ccc(F)cc2)c(C)c1S(=O)(=O)N(C)C. The molecule has 1 aromatic carbocycles. The Hall–Kier alpha value is -1.93. The molecule has 2 aromatic rings. The first-order valence-corrected chi connectivity index (χ1v) is 8.52. The second-order valence-electron chi connectivity index (χ2n) is 5.31. The number of nitrogens with zero attached hydrogens (tertiary/aromatic N) is 3. The van der Waals surface area contributed by atoms with E-state index in [0.29, 0.717) is 30.3 Å². The molecule has 1 heterocycles. The van der Waals surface area contributed by atoms with E-state index in [1.165, 1.54) is 30.5 Å². The van der Waals surface area contributed by atoms with Gasteiger partial charge in [0.2, 0.25) is 10.0 Å². The molecule has 2 rings (SSSR count). The van der Waals surface area contributed by atoms with E-state index in [9.17, 15) is 12.8 Å². The van der Waals surface area contributed by atoms with E-state index >= 15 is 0 Å². The molecule has 23 heavy (non-hydrogen) atoms. The van der Waals surface area contributed by atoms with Crippen LogP contribution in [-0.4, -0.2) is 43.2 Å². The number of hydrogen-bond donors (Lipinski definition) is 0.